The Morgan fingerprint density at radius 1 is 1.28 bits per heavy atom. The van der Waals surface area contributed by atoms with Gasteiger partial charge in [-0.3, -0.25) is 0 Å². The van der Waals surface area contributed by atoms with Crippen LogP contribution in [-0.2, 0) is 6.42 Å². The average molecular weight is 245 g/mol. The first-order valence-electron chi connectivity index (χ1n) is 6.89. The molecule has 3 nitrogen and oxygen atoms in total. The lowest BCUT2D eigenvalue weighted by molar-refractivity contribution is 0.174. The largest absolute Gasteiger partial charge is 0.378 e. The van der Waals surface area contributed by atoms with E-state index in [0.717, 1.165) is 13.1 Å². The number of hydrogen-bond donors (Lipinski definition) is 2. The predicted octanol–water partition coefficient (Wildman–Crippen LogP) is 1.68. The maximum absolute atomic E-state index is 6.58. The quantitative estimate of drug-likeness (QED) is 0.791. The van der Waals surface area contributed by atoms with Gasteiger partial charge in [0, 0.05) is 25.8 Å². The molecule has 3 N–H and O–H groups in total. The molecule has 0 amide bonds. The molecule has 1 aromatic rings. The normalized spacial score (nSPS) is 25.2. The highest BCUT2D eigenvalue weighted by Gasteiger charge is 2.44. The third kappa shape index (κ3) is 1.73. The van der Waals surface area contributed by atoms with Gasteiger partial charge in [0.25, 0.3) is 0 Å². The molecule has 1 aromatic carbocycles. The van der Waals surface area contributed by atoms with Crippen LogP contribution in [0.15, 0.2) is 18.2 Å². The van der Waals surface area contributed by atoms with Gasteiger partial charge in [0.15, 0.2) is 0 Å². The summed E-state index contributed by atoms with van der Waals surface area (Å²) in [7, 11) is 4.17. The van der Waals surface area contributed by atoms with Crippen molar-refractivity contribution in [3.63, 3.8) is 0 Å². The Morgan fingerprint density at radius 3 is 2.67 bits per heavy atom. The van der Waals surface area contributed by atoms with Crippen molar-refractivity contribution in [2.24, 2.45) is 11.1 Å². The smallest absolute Gasteiger partial charge is 0.0364 e. The maximum Gasteiger partial charge on any atom is 0.0364 e. The SMILES string of the molecule is CN(C)c1ccc2c(c1)C(N)C1(CCNCC1)C2. The van der Waals surface area contributed by atoms with Gasteiger partial charge in [-0.05, 0) is 61.0 Å². The zero-order chi connectivity index (χ0) is 12.8. The number of nitrogens with two attached hydrogens (primary N) is 1. The van der Waals surface area contributed by atoms with Crippen molar-refractivity contribution in [1.82, 2.24) is 5.32 Å². The minimum absolute atomic E-state index is 0.217. The molecule has 0 bridgehead atoms. The number of hydrogen-bond acceptors (Lipinski definition) is 3. The van der Waals surface area contributed by atoms with E-state index < -0.39 is 0 Å². The number of benzene rings is 1. The summed E-state index contributed by atoms with van der Waals surface area (Å²) in [5.74, 6) is 0. The topological polar surface area (TPSA) is 41.3 Å². The first kappa shape index (κ1) is 12.0. The lowest BCUT2D eigenvalue weighted by atomic mass is 9.73. The van der Waals surface area contributed by atoms with Crippen molar-refractivity contribution < 1.29 is 0 Å². The van der Waals surface area contributed by atoms with Crippen molar-refractivity contribution in [2.75, 3.05) is 32.1 Å². The van der Waals surface area contributed by atoms with Gasteiger partial charge >= 0.3 is 0 Å². The molecule has 1 heterocycles. The molecular weight excluding hydrogens is 222 g/mol. The van der Waals surface area contributed by atoms with Gasteiger partial charge in [-0.25, -0.2) is 0 Å². The second-order valence-electron chi connectivity index (χ2n) is 6.04. The molecule has 1 spiro atoms. The molecule has 3 rings (SSSR count). The average Bonchev–Trinajstić information content (AvgIpc) is 2.63. The molecule has 1 aliphatic heterocycles. The van der Waals surface area contributed by atoms with Crippen LogP contribution in [0.3, 0.4) is 0 Å². The van der Waals surface area contributed by atoms with Gasteiger partial charge in [-0.1, -0.05) is 6.07 Å². The third-order valence-corrected chi connectivity index (χ3v) is 4.78. The van der Waals surface area contributed by atoms with Crippen LogP contribution >= 0.6 is 0 Å². The molecular formula is C15H23N3. The number of nitrogens with zero attached hydrogens (tertiary/aromatic N) is 1. The minimum atomic E-state index is 0.217. The first-order chi connectivity index (χ1) is 8.62. The number of nitrogens with one attached hydrogen (secondary N) is 1. The molecule has 3 heteroatoms. The van der Waals surface area contributed by atoms with E-state index >= 15 is 0 Å². The van der Waals surface area contributed by atoms with Crippen molar-refractivity contribution in [3.05, 3.63) is 29.3 Å². The van der Waals surface area contributed by atoms with Crippen LogP contribution in [0.2, 0.25) is 0 Å². The molecule has 0 radical (unpaired) electrons. The van der Waals surface area contributed by atoms with Crippen LogP contribution < -0.4 is 16.0 Å². The van der Waals surface area contributed by atoms with Gasteiger partial charge in [0.2, 0.25) is 0 Å². The monoisotopic (exact) mass is 245 g/mol. The van der Waals surface area contributed by atoms with E-state index in [2.05, 4.69) is 42.5 Å². The van der Waals surface area contributed by atoms with Gasteiger partial charge in [0.1, 0.15) is 0 Å². The standard InChI is InChI=1S/C15H23N3/c1-18(2)12-4-3-11-10-15(5-7-17-8-6-15)14(16)13(11)9-12/h3-4,9,14,17H,5-8,10,16H2,1-2H3. The predicted molar refractivity (Wildman–Crippen MR) is 75.9 cm³/mol. The van der Waals surface area contributed by atoms with Gasteiger partial charge < -0.3 is 16.0 Å². The molecule has 0 saturated carbocycles. The van der Waals surface area contributed by atoms with E-state index in [0.29, 0.717) is 5.41 Å². The summed E-state index contributed by atoms with van der Waals surface area (Å²) in [5.41, 5.74) is 11.0. The Kier molecular flexibility index (Phi) is 2.83. The highest BCUT2D eigenvalue weighted by atomic mass is 15.1. The van der Waals surface area contributed by atoms with Crippen LogP contribution in [-0.4, -0.2) is 27.2 Å². The van der Waals surface area contributed by atoms with Crippen molar-refractivity contribution in [2.45, 2.75) is 25.3 Å². The number of fused-ring (bicyclic) bond motifs is 1. The molecule has 98 valence electrons. The zero-order valence-electron chi connectivity index (χ0n) is 11.4. The summed E-state index contributed by atoms with van der Waals surface area (Å²) < 4.78 is 0. The summed E-state index contributed by atoms with van der Waals surface area (Å²) in [6, 6.07) is 7.00. The molecule has 1 fully saturated rings. The summed E-state index contributed by atoms with van der Waals surface area (Å²) in [6.45, 7) is 2.23. The van der Waals surface area contributed by atoms with Gasteiger partial charge in [-0.15, -0.1) is 0 Å². The lowest BCUT2D eigenvalue weighted by Gasteiger charge is -2.37. The Morgan fingerprint density at radius 2 is 2.00 bits per heavy atom. The fraction of sp³-hybridized carbons (Fsp3) is 0.600. The molecule has 2 aliphatic rings. The fourth-order valence-electron chi connectivity index (χ4n) is 3.54. The van der Waals surface area contributed by atoms with Crippen LogP contribution in [0.25, 0.3) is 0 Å². The van der Waals surface area contributed by atoms with Crippen LogP contribution in [0.5, 0.6) is 0 Å². The van der Waals surface area contributed by atoms with Crippen LogP contribution in [0.1, 0.15) is 30.0 Å². The van der Waals surface area contributed by atoms with Crippen LogP contribution in [0.4, 0.5) is 5.69 Å². The Hall–Kier alpha value is -1.06. The van der Waals surface area contributed by atoms with Gasteiger partial charge in [0.05, 0.1) is 0 Å². The second kappa shape index (κ2) is 4.25. The molecule has 1 atom stereocenters. The van der Waals surface area contributed by atoms with E-state index in [9.17, 15) is 0 Å². The Balaban J connectivity index is 1.96. The highest BCUT2D eigenvalue weighted by molar-refractivity contribution is 5.53. The third-order valence-electron chi connectivity index (χ3n) is 4.78. The summed E-state index contributed by atoms with van der Waals surface area (Å²) in [5, 5.41) is 3.45. The minimum Gasteiger partial charge on any atom is -0.378 e. The summed E-state index contributed by atoms with van der Waals surface area (Å²) >= 11 is 0. The summed E-state index contributed by atoms with van der Waals surface area (Å²) in [4.78, 5) is 2.15. The van der Waals surface area contributed by atoms with Crippen LogP contribution in [0, 0.1) is 5.41 Å². The van der Waals surface area contributed by atoms with Crippen molar-refractivity contribution in [3.8, 4) is 0 Å². The fourth-order valence-corrected chi connectivity index (χ4v) is 3.54. The van der Waals surface area contributed by atoms with Crippen molar-refractivity contribution >= 4 is 5.69 Å². The van der Waals surface area contributed by atoms with E-state index in [1.165, 1.54) is 36.1 Å². The summed E-state index contributed by atoms with van der Waals surface area (Å²) in [6.07, 6.45) is 3.58. The van der Waals surface area contributed by atoms with Gasteiger partial charge in [-0.2, -0.15) is 0 Å². The molecule has 1 unspecified atom stereocenters. The molecule has 0 aromatic heterocycles. The molecule has 18 heavy (non-hydrogen) atoms. The highest BCUT2D eigenvalue weighted by Crippen LogP contribution is 2.50. The first-order valence-corrected chi connectivity index (χ1v) is 6.89. The van der Waals surface area contributed by atoms with E-state index in [-0.39, 0.29) is 6.04 Å². The number of piperidine rings is 1. The van der Waals surface area contributed by atoms with E-state index in [4.69, 9.17) is 5.73 Å². The zero-order valence-corrected chi connectivity index (χ0v) is 11.4. The Labute approximate surface area is 109 Å². The van der Waals surface area contributed by atoms with E-state index in [1.807, 2.05) is 0 Å². The number of rotatable bonds is 1. The number of anilines is 1. The lowest BCUT2D eigenvalue weighted by Crippen LogP contribution is -2.42. The molecule has 1 aliphatic carbocycles. The van der Waals surface area contributed by atoms with Crippen molar-refractivity contribution in [1.29, 1.82) is 0 Å². The Bertz CT molecular complexity index is 447. The molecule has 1 saturated heterocycles. The van der Waals surface area contributed by atoms with E-state index in [1.54, 1.807) is 0 Å². The maximum atomic E-state index is 6.58. The second-order valence-corrected chi connectivity index (χ2v) is 6.04.